The number of ether oxygens (including phenoxy) is 1. The Balaban J connectivity index is 1.90. The van der Waals surface area contributed by atoms with Gasteiger partial charge in [-0.1, -0.05) is 6.92 Å². The summed E-state index contributed by atoms with van der Waals surface area (Å²) in [5.74, 6) is 0. The summed E-state index contributed by atoms with van der Waals surface area (Å²) < 4.78 is 5.46. The van der Waals surface area contributed by atoms with Gasteiger partial charge in [-0.25, -0.2) is 0 Å². The summed E-state index contributed by atoms with van der Waals surface area (Å²) in [5, 5.41) is 3.49. The lowest BCUT2D eigenvalue weighted by molar-refractivity contribution is 0.0746. The molecule has 3 unspecified atom stereocenters. The van der Waals surface area contributed by atoms with Gasteiger partial charge in [0.15, 0.2) is 0 Å². The van der Waals surface area contributed by atoms with Gasteiger partial charge in [-0.05, 0) is 25.7 Å². The van der Waals surface area contributed by atoms with Crippen molar-refractivity contribution in [3.63, 3.8) is 0 Å². The molecule has 88 valence electrons. The van der Waals surface area contributed by atoms with Gasteiger partial charge in [0.05, 0.1) is 6.10 Å². The van der Waals surface area contributed by atoms with Crippen LogP contribution >= 0.6 is 0 Å². The van der Waals surface area contributed by atoms with Crippen LogP contribution in [0.3, 0.4) is 0 Å². The van der Waals surface area contributed by atoms with Gasteiger partial charge >= 0.3 is 0 Å². The van der Waals surface area contributed by atoms with Gasteiger partial charge in [0.2, 0.25) is 0 Å². The van der Waals surface area contributed by atoms with Crippen LogP contribution in [-0.4, -0.2) is 49.8 Å². The van der Waals surface area contributed by atoms with Crippen molar-refractivity contribution in [3.05, 3.63) is 0 Å². The zero-order valence-electron chi connectivity index (χ0n) is 10.0. The smallest absolute Gasteiger partial charge is 0.0586 e. The van der Waals surface area contributed by atoms with Crippen molar-refractivity contribution in [2.45, 2.75) is 50.8 Å². The summed E-state index contributed by atoms with van der Waals surface area (Å²) in [5.41, 5.74) is 0. The quantitative estimate of drug-likeness (QED) is 0.762. The normalized spacial score (nSPS) is 38.4. The monoisotopic (exact) mass is 212 g/mol. The number of rotatable bonds is 3. The molecule has 0 aromatic carbocycles. The van der Waals surface area contributed by atoms with Crippen molar-refractivity contribution in [2.75, 3.05) is 26.7 Å². The highest BCUT2D eigenvalue weighted by atomic mass is 16.5. The zero-order chi connectivity index (χ0) is 10.7. The minimum Gasteiger partial charge on any atom is -0.381 e. The topological polar surface area (TPSA) is 24.5 Å². The van der Waals surface area contributed by atoms with Crippen molar-refractivity contribution in [3.8, 4) is 0 Å². The highest BCUT2D eigenvalue weighted by Gasteiger charge is 2.33. The summed E-state index contributed by atoms with van der Waals surface area (Å²) >= 11 is 0. The number of piperazine rings is 1. The maximum Gasteiger partial charge on any atom is 0.0586 e. The van der Waals surface area contributed by atoms with Gasteiger partial charge in [-0.2, -0.15) is 0 Å². The first-order valence-corrected chi connectivity index (χ1v) is 6.34. The first-order valence-electron chi connectivity index (χ1n) is 6.34. The van der Waals surface area contributed by atoms with Crippen molar-refractivity contribution in [1.29, 1.82) is 0 Å². The highest BCUT2D eigenvalue weighted by Crippen LogP contribution is 2.28. The van der Waals surface area contributed by atoms with Crippen LogP contribution in [0, 0.1) is 0 Å². The van der Waals surface area contributed by atoms with Crippen LogP contribution in [-0.2, 0) is 4.74 Å². The van der Waals surface area contributed by atoms with Crippen LogP contribution in [0.5, 0.6) is 0 Å². The molecule has 1 N–H and O–H groups in total. The van der Waals surface area contributed by atoms with Gasteiger partial charge in [0, 0.05) is 38.8 Å². The van der Waals surface area contributed by atoms with E-state index in [9.17, 15) is 0 Å². The number of nitrogens with zero attached hydrogens (tertiary/aromatic N) is 1. The lowest BCUT2D eigenvalue weighted by atomic mass is 10.1. The van der Waals surface area contributed by atoms with E-state index in [1.807, 2.05) is 7.11 Å². The minimum absolute atomic E-state index is 0.516. The molecule has 2 fully saturated rings. The molecule has 0 aromatic heterocycles. The van der Waals surface area contributed by atoms with Crippen LogP contribution < -0.4 is 5.32 Å². The van der Waals surface area contributed by atoms with Gasteiger partial charge in [-0.15, -0.1) is 0 Å². The molecule has 0 radical (unpaired) electrons. The predicted octanol–water partition coefficient (Wildman–Crippen LogP) is 1.24. The number of methoxy groups -OCH3 is 1. The summed E-state index contributed by atoms with van der Waals surface area (Å²) in [4.78, 5) is 2.72. The molecule has 3 nitrogen and oxygen atoms in total. The maximum absolute atomic E-state index is 5.46. The molecule has 0 amide bonds. The van der Waals surface area contributed by atoms with Gasteiger partial charge in [-0.3, -0.25) is 4.90 Å². The molecule has 1 aliphatic heterocycles. The lowest BCUT2D eigenvalue weighted by Crippen LogP contribution is -2.54. The van der Waals surface area contributed by atoms with Crippen molar-refractivity contribution in [2.24, 2.45) is 0 Å². The second-order valence-corrected chi connectivity index (χ2v) is 4.83. The molecule has 0 spiro atoms. The van der Waals surface area contributed by atoms with Crippen LogP contribution in [0.15, 0.2) is 0 Å². The molecule has 2 rings (SSSR count). The summed E-state index contributed by atoms with van der Waals surface area (Å²) in [6.07, 6.45) is 5.60. The average Bonchev–Trinajstić information content (AvgIpc) is 2.77. The number of hydrogen-bond donors (Lipinski definition) is 1. The van der Waals surface area contributed by atoms with E-state index in [4.69, 9.17) is 4.74 Å². The molecule has 1 heterocycles. The van der Waals surface area contributed by atoms with Crippen LogP contribution in [0.25, 0.3) is 0 Å². The van der Waals surface area contributed by atoms with E-state index in [1.54, 1.807) is 0 Å². The first-order chi connectivity index (χ1) is 7.35. The second kappa shape index (κ2) is 5.28. The standard InChI is InChI=1S/C12H24N2O/c1-3-10-9-13-6-7-14(10)11-4-5-12(8-11)15-2/h10-13H,3-9H2,1-2H3. The van der Waals surface area contributed by atoms with Crippen LogP contribution in [0.1, 0.15) is 32.6 Å². The molecule has 1 saturated heterocycles. The van der Waals surface area contributed by atoms with E-state index in [0.29, 0.717) is 6.10 Å². The fraction of sp³-hybridized carbons (Fsp3) is 1.00. The Hall–Kier alpha value is -0.120. The minimum atomic E-state index is 0.516. The summed E-state index contributed by atoms with van der Waals surface area (Å²) in [6.45, 7) is 5.85. The Morgan fingerprint density at radius 1 is 1.40 bits per heavy atom. The van der Waals surface area contributed by atoms with Gasteiger partial charge in [0.1, 0.15) is 0 Å². The Kier molecular flexibility index (Phi) is 4.00. The first kappa shape index (κ1) is 11.4. The van der Waals surface area contributed by atoms with E-state index in [-0.39, 0.29) is 0 Å². The van der Waals surface area contributed by atoms with Crippen molar-refractivity contribution in [1.82, 2.24) is 10.2 Å². The molecule has 2 aliphatic rings. The van der Waals surface area contributed by atoms with Crippen molar-refractivity contribution < 1.29 is 4.74 Å². The molecular formula is C12H24N2O. The lowest BCUT2D eigenvalue weighted by Gasteiger charge is -2.40. The molecule has 0 bridgehead atoms. The van der Waals surface area contributed by atoms with E-state index in [0.717, 1.165) is 18.6 Å². The molecule has 3 heteroatoms. The Bertz CT molecular complexity index is 198. The summed E-state index contributed by atoms with van der Waals surface area (Å²) in [6, 6.07) is 1.53. The fourth-order valence-corrected chi connectivity index (χ4v) is 3.07. The molecule has 1 aliphatic carbocycles. The maximum atomic E-state index is 5.46. The van der Waals surface area contributed by atoms with Crippen LogP contribution in [0.2, 0.25) is 0 Å². The zero-order valence-corrected chi connectivity index (χ0v) is 10.0. The highest BCUT2D eigenvalue weighted by molar-refractivity contribution is 4.89. The third kappa shape index (κ3) is 2.52. The second-order valence-electron chi connectivity index (χ2n) is 4.83. The van der Waals surface area contributed by atoms with Crippen LogP contribution in [0.4, 0.5) is 0 Å². The van der Waals surface area contributed by atoms with E-state index in [1.165, 1.54) is 38.8 Å². The van der Waals surface area contributed by atoms with Gasteiger partial charge < -0.3 is 10.1 Å². The Labute approximate surface area is 93.2 Å². The third-order valence-electron chi connectivity index (χ3n) is 4.03. The molecule has 15 heavy (non-hydrogen) atoms. The molecular weight excluding hydrogens is 188 g/mol. The van der Waals surface area contributed by atoms with E-state index in [2.05, 4.69) is 17.1 Å². The Morgan fingerprint density at radius 2 is 2.27 bits per heavy atom. The Morgan fingerprint density at radius 3 is 2.93 bits per heavy atom. The fourth-order valence-electron chi connectivity index (χ4n) is 3.07. The number of hydrogen-bond acceptors (Lipinski definition) is 3. The van der Waals surface area contributed by atoms with E-state index < -0.39 is 0 Å². The molecule has 0 aromatic rings. The average molecular weight is 212 g/mol. The SMILES string of the molecule is CCC1CNCCN1C1CCC(OC)C1. The molecule has 1 saturated carbocycles. The third-order valence-corrected chi connectivity index (χ3v) is 4.03. The van der Waals surface area contributed by atoms with E-state index >= 15 is 0 Å². The number of nitrogens with one attached hydrogen (secondary N) is 1. The van der Waals surface area contributed by atoms with Crippen molar-refractivity contribution >= 4 is 0 Å². The summed E-state index contributed by atoms with van der Waals surface area (Å²) in [7, 11) is 1.85. The molecule has 3 atom stereocenters. The predicted molar refractivity (Wildman–Crippen MR) is 62.1 cm³/mol. The largest absolute Gasteiger partial charge is 0.381 e. The van der Waals surface area contributed by atoms with Gasteiger partial charge in [0.25, 0.3) is 0 Å².